The van der Waals surface area contributed by atoms with Crippen molar-refractivity contribution >= 4 is 23.3 Å². The molecule has 166 valence electrons. The maximum Gasteiger partial charge on any atom is 0.420 e. The summed E-state index contributed by atoms with van der Waals surface area (Å²) in [4.78, 5) is 14.4. The molecule has 0 unspecified atom stereocenters. The van der Waals surface area contributed by atoms with Crippen molar-refractivity contribution in [2.45, 2.75) is 25.2 Å². The van der Waals surface area contributed by atoms with Gasteiger partial charge in [0.25, 0.3) is 0 Å². The Hall–Kier alpha value is -3.19. The van der Waals surface area contributed by atoms with E-state index in [0.29, 0.717) is 11.3 Å². The highest BCUT2D eigenvalue weighted by atomic mass is 35.5. The number of hydrogen-bond donors (Lipinski definition) is 1. The highest BCUT2D eigenvalue weighted by Gasteiger charge is 2.62. The molecule has 1 atom stereocenters. The van der Waals surface area contributed by atoms with Gasteiger partial charge in [-0.25, -0.2) is 4.79 Å². The number of ether oxygens (including phenoxy) is 1. The number of urea groups is 1. The van der Waals surface area contributed by atoms with Gasteiger partial charge in [-0.2, -0.15) is 13.2 Å². The Kier molecular flexibility index (Phi) is 5.54. The van der Waals surface area contributed by atoms with Gasteiger partial charge in [-0.1, -0.05) is 53.6 Å². The fourth-order valence-electron chi connectivity index (χ4n) is 4.01. The second-order valence-corrected chi connectivity index (χ2v) is 8.08. The average Bonchev–Trinajstić information content (AvgIpc) is 2.75. The zero-order valence-electron chi connectivity index (χ0n) is 17.3. The van der Waals surface area contributed by atoms with Crippen LogP contribution in [0.15, 0.2) is 66.7 Å². The van der Waals surface area contributed by atoms with E-state index in [1.165, 1.54) is 48.4 Å². The number of anilines is 1. The minimum absolute atomic E-state index is 0.0756. The third kappa shape index (κ3) is 3.66. The predicted molar refractivity (Wildman–Crippen MR) is 117 cm³/mol. The van der Waals surface area contributed by atoms with Crippen molar-refractivity contribution in [1.29, 1.82) is 0 Å². The van der Waals surface area contributed by atoms with Crippen molar-refractivity contribution in [2.75, 3.05) is 12.0 Å². The van der Waals surface area contributed by atoms with Gasteiger partial charge in [-0.15, -0.1) is 0 Å². The van der Waals surface area contributed by atoms with Crippen LogP contribution >= 0.6 is 11.6 Å². The summed E-state index contributed by atoms with van der Waals surface area (Å²) in [5.74, 6) is 0.638. The van der Waals surface area contributed by atoms with Crippen molar-refractivity contribution in [1.82, 2.24) is 5.32 Å². The second kappa shape index (κ2) is 8.06. The first-order valence-electron chi connectivity index (χ1n) is 9.82. The van der Waals surface area contributed by atoms with Crippen LogP contribution in [0.4, 0.5) is 23.7 Å². The molecule has 0 saturated heterocycles. The Morgan fingerprint density at radius 3 is 2.41 bits per heavy atom. The van der Waals surface area contributed by atoms with Crippen LogP contribution in [0, 0.1) is 6.92 Å². The monoisotopic (exact) mass is 460 g/mol. The van der Waals surface area contributed by atoms with Crippen LogP contribution in [0.3, 0.4) is 0 Å². The molecule has 4 nitrogen and oxygen atoms in total. The van der Waals surface area contributed by atoms with E-state index in [2.05, 4.69) is 5.32 Å². The van der Waals surface area contributed by atoms with E-state index in [1.54, 1.807) is 37.3 Å². The largest absolute Gasteiger partial charge is 0.497 e. The standard InChI is InChI=1S/C24H20ClF3N2O2/c1-15-4-3-5-17(12-15)23(24(26,27)28)20-13-18(25)8-11-21(20)30(22(31)29-23)14-16-6-9-19(32-2)10-7-16/h3-13H,14H2,1-2H3,(H,29,31)/t23-/m1/s1. The molecule has 0 bridgehead atoms. The molecule has 2 amide bonds. The van der Waals surface area contributed by atoms with Crippen molar-refractivity contribution in [3.63, 3.8) is 0 Å². The first-order chi connectivity index (χ1) is 15.2. The van der Waals surface area contributed by atoms with Crippen LogP contribution in [-0.4, -0.2) is 19.3 Å². The quantitative estimate of drug-likeness (QED) is 0.504. The van der Waals surface area contributed by atoms with E-state index < -0.39 is 17.7 Å². The molecular formula is C24H20ClF3N2O2. The highest BCUT2D eigenvalue weighted by Crippen LogP contribution is 2.50. The van der Waals surface area contributed by atoms with Crippen LogP contribution < -0.4 is 15.0 Å². The molecule has 1 heterocycles. The van der Waals surface area contributed by atoms with Gasteiger partial charge in [0.2, 0.25) is 0 Å². The molecule has 0 saturated carbocycles. The maximum absolute atomic E-state index is 14.7. The molecule has 8 heteroatoms. The fraction of sp³-hybridized carbons (Fsp3) is 0.208. The predicted octanol–water partition coefficient (Wildman–Crippen LogP) is 6.19. The highest BCUT2D eigenvalue weighted by molar-refractivity contribution is 6.30. The number of carbonyl (C=O) groups is 1. The number of methoxy groups -OCH3 is 1. The molecule has 32 heavy (non-hydrogen) atoms. The number of alkyl halides is 3. The summed E-state index contributed by atoms with van der Waals surface area (Å²) in [7, 11) is 1.54. The van der Waals surface area contributed by atoms with Crippen molar-refractivity contribution in [3.05, 3.63) is 94.0 Å². The summed E-state index contributed by atoms with van der Waals surface area (Å²) in [5.41, 5.74) is -1.41. The van der Waals surface area contributed by atoms with Gasteiger partial charge >= 0.3 is 12.2 Å². The lowest BCUT2D eigenvalue weighted by Gasteiger charge is -2.45. The first kappa shape index (κ1) is 22.0. The smallest absolute Gasteiger partial charge is 0.420 e. The number of carbonyl (C=O) groups excluding carboxylic acids is 1. The van der Waals surface area contributed by atoms with Gasteiger partial charge in [0, 0.05) is 10.6 Å². The second-order valence-electron chi connectivity index (χ2n) is 7.64. The average molecular weight is 461 g/mol. The molecule has 0 aliphatic carbocycles. The number of benzene rings is 3. The minimum Gasteiger partial charge on any atom is -0.497 e. The summed E-state index contributed by atoms with van der Waals surface area (Å²) < 4.78 is 49.4. The number of rotatable bonds is 4. The van der Waals surface area contributed by atoms with E-state index in [4.69, 9.17) is 16.3 Å². The van der Waals surface area contributed by atoms with Crippen LogP contribution in [0.1, 0.15) is 22.3 Å². The number of halogens is 4. The lowest BCUT2D eigenvalue weighted by molar-refractivity contribution is -0.184. The molecule has 0 radical (unpaired) electrons. The Morgan fingerprint density at radius 1 is 1.06 bits per heavy atom. The zero-order valence-corrected chi connectivity index (χ0v) is 18.1. The minimum atomic E-state index is -4.82. The summed E-state index contributed by atoms with van der Waals surface area (Å²) in [6, 6.07) is 16.4. The van der Waals surface area contributed by atoms with Crippen molar-refractivity contribution in [3.8, 4) is 5.75 Å². The fourth-order valence-corrected chi connectivity index (χ4v) is 4.18. The number of fused-ring (bicyclic) bond motifs is 1. The SMILES string of the molecule is COc1ccc(CN2C(=O)N[C@@](c3cccc(C)c3)(C(F)(F)F)c3cc(Cl)ccc32)cc1. The summed E-state index contributed by atoms with van der Waals surface area (Å²) in [6.07, 6.45) is -4.82. The third-order valence-corrected chi connectivity index (χ3v) is 5.80. The lowest BCUT2D eigenvalue weighted by atomic mass is 9.79. The first-order valence-corrected chi connectivity index (χ1v) is 10.2. The Labute approximate surface area is 188 Å². The number of hydrogen-bond acceptors (Lipinski definition) is 2. The number of aryl methyl sites for hydroxylation is 1. The molecule has 3 aromatic rings. The van der Waals surface area contributed by atoms with Crippen molar-refractivity contribution in [2.24, 2.45) is 0 Å². The Balaban J connectivity index is 1.89. The number of amides is 2. The van der Waals surface area contributed by atoms with Gasteiger partial charge in [0.05, 0.1) is 19.3 Å². The van der Waals surface area contributed by atoms with E-state index in [-0.39, 0.29) is 28.4 Å². The molecule has 1 N–H and O–H groups in total. The molecule has 0 aromatic heterocycles. The maximum atomic E-state index is 14.7. The van der Waals surface area contributed by atoms with Crippen LogP contribution in [0.5, 0.6) is 5.75 Å². The Morgan fingerprint density at radius 2 is 1.78 bits per heavy atom. The number of nitrogens with zero attached hydrogens (tertiary/aromatic N) is 1. The molecule has 1 aliphatic rings. The molecule has 0 fully saturated rings. The molecule has 0 spiro atoms. The number of nitrogens with one attached hydrogen (secondary N) is 1. The van der Waals surface area contributed by atoms with Gasteiger partial charge in [0.15, 0.2) is 5.54 Å². The molecule has 1 aliphatic heterocycles. The van der Waals surface area contributed by atoms with Crippen molar-refractivity contribution < 1.29 is 22.7 Å². The summed E-state index contributed by atoms with van der Waals surface area (Å²) in [5, 5.41) is 2.41. The molecular weight excluding hydrogens is 441 g/mol. The molecule has 3 aromatic carbocycles. The van der Waals surface area contributed by atoms with E-state index in [0.717, 1.165) is 5.56 Å². The summed E-state index contributed by atoms with van der Waals surface area (Å²) >= 11 is 6.14. The van der Waals surface area contributed by atoms with Crippen LogP contribution in [0.25, 0.3) is 0 Å². The van der Waals surface area contributed by atoms with E-state index in [9.17, 15) is 18.0 Å². The van der Waals surface area contributed by atoms with E-state index in [1.807, 2.05) is 0 Å². The van der Waals surface area contributed by atoms with Gasteiger partial charge < -0.3 is 10.1 Å². The van der Waals surface area contributed by atoms with Gasteiger partial charge in [-0.05, 0) is 48.4 Å². The topological polar surface area (TPSA) is 41.6 Å². The van der Waals surface area contributed by atoms with E-state index >= 15 is 0 Å². The normalized spacial score (nSPS) is 18.2. The van der Waals surface area contributed by atoms with Crippen LogP contribution in [0.2, 0.25) is 5.02 Å². The Bertz CT molecular complexity index is 1160. The van der Waals surface area contributed by atoms with Gasteiger partial charge in [-0.3, -0.25) is 4.90 Å². The molecule has 4 rings (SSSR count). The van der Waals surface area contributed by atoms with Crippen LogP contribution in [-0.2, 0) is 12.1 Å². The lowest BCUT2D eigenvalue weighted by Crippen LogP contribution is -2.63. The third-order valence-electron chi connectivity index (χ3n) is 5.57. The zero-order chi connectivity index (χ0) is 23.1. The van der Waals surface area contributed by atoms with Gasteiger partial charge in [0.1, 0.15) is 5.75 Å². The summed E-state index contributed by atoms with van der Waals surface area (Å²) in [6.45, 7) is 1.78.